The Morgan fingerprint density at radius 2 is 1.08 bits per heavy atom. The van der Waals surface area contributed by atoms with E-state index in [9.17, 15) is 4.79 Å². The molecule has 0 N–H and O–H groups in total. The van der Waals surface area contributed by atoms with E-state index in [1.165, 1.54) is 34.3 Å². The van der Waals surface area contributed by atoms with Crippen molar-refractivity contribution in [3.05, 3.63) is 58.2 Å². The molecule has 0 rings (SSSR count). The van der Waals surface area contributed by atoms with Gasteiger partial charge in [0.1, 0.15) is 6.29 Å². The van der Waals surface area contributed by atoms with Gasteiger partial charge in [0.05, 0.1) is 6.61 Å². The zero-order valence-corrected chi connectivity index (χ0v) is 26.6. The quantitative estimate of drug-likeness (QED) is 0.0786. The molecular formula is C33H58O2Si. The van der Waals surface area contributed by atoms with Gasteiger partial charge < -0.3 is 9.22 Å². The highest BCUT2D eigenvalue weighted by atomic mass is 28.4. The van der Waals surface area contributed by atoms with Crippen LogP contribution in [0.15, 0.2) is 58.2 Å². The van der Waals surface area contributed by atoms with Crippen molar-refractivity contribution in [2.24, 2.45) is 0 Å². The lowest BCUT2D eigenvalue weighted by Crippen LogP contribution is -2.41. The second-order valence-corrected chi connectivity index (χ2v) is 17.1. The number of hydrogen-bond acceptors (Lipinski definition) is 2. The Morgan fingerprint density at radius 1 is 0.639 bits per heavy atom. The average Bonchev–Trinajstić information content (AvgIpc) is 2.77. The summed E-state index contributed by atoms with van der Waals surface area (Å²) >= 11 is 0. The number of hydrogen-bond donors (Lipinski definition) is 0. The first kappa shape index (κ1) is 34.5. The van der Waals surface area contributed by atoms with Gasteiger partial charge in [-0.2, -0.15) is 0 Å². The summed E-state index contributed by atoms with van der Waals surface area (Å²) in [6, 6.07) is 0. The summed E-state index contributed by atoms with van der Waals surface area (Å²) < 4.78 is 6.41. The number of rotatable bonds is 18. The molecule has 0 aromatic heterocycles. The molecule has 0 heterocycles. The van der Waals surface area contributed by atoms with Crippen molar-refractivity contribution in [1.29, 1.82) is 0 Å². The lowest BCUT2D eigenvalue weighted by atomic mass is 10.0. The van der Waals surface area contributed by atoms with Crippen molar-refractivity contribution in [2.45, 2.75) is 138 Å². The Hall–Kier alpha value is -1.45. The molecular weight excluding hydrogens is 456 g/mol. The van der Waals surface area contributed by atoms with Crippen LogP contribution in [-0.4, -0.2) is 21.2 Å². The molecule has 0 aliphatic carbocycles. The maximum absolute atomic E-state index is 10.9. The third kappa shape index (κ3) is 17.9. The van der Waals surface area contributed by atoms with Crippen LogP contribution in [0.3, 0.4) is 0 Å². The highest BCUT2D eigenvalue weighted by Crippen LogP contribution is 2.37. The van der Waals surface area contributed by atoms with E-state index in [0.717, 1.165) is 57.7 Å². The van der Waals surface area contributed by atoms with Gasteiger partial charge >= 0.3 is 0 Å². The fourth-order valence-corrected chi connectivity index (χ4v) is 4.55. The summed E-state index contributed by atoms with van der Waals surface area (Å²) in [7, 11) is -1.77. The Kier molecular flexibility index (Phi) is 18.0. The van der Waals surface area contributed by atoms with Crippen LogP contribution in [0.5, 0.6) is 0 Å². The Morgan fingerprint density at radius 3 is 1.53 bits per heavy atom. The lowest BCUT2D eigenvalue weighted by molar-refractivity contribution is -0.107. The maximum atomic E-state index is 10.9. The Labute approximate surface area is 226 Å². The van der Waals surface area contributed by atoms with E-state index in [-0.39, 0.29) is 5.04 Å². The molecule has 0 aromatic carbocycles. The van der Waals surface area contributed by atoms with E-state index in [1.807, 2.05) is 0 Å². The van der Waals surface area contributed by atoms with Crippen LogP contribution in [0.4, 0.5) is 0 Å². The first-order valence-electron chi connectivity index (χ1n) is 14.1. The summed E-state index contributed by atoms with van der Waals surface area (Å²) in [6.07, 6.45) is 23.2. The molecule has 2 nitrogen and oxygen atoms in total. The minimum atomic E-state index is -1.77. The zero-order chi connectivity index (χ0) is 27.6. The van der Waals surface area contributed by atoms with Gasteiger partial charge in [-0.1, -0.05) is 73.4 Å². The number of carbonyl (C=O) groups is 1. The normalized spacial score (nSPS) is 14.3. The van der Waals surface area contributed by atoms with Crippen LogP contribution < -0.4 is 0 Å². The van der Waals surface area contributed by atoms with Crippen LogP contribution in [-0.2, 0) is 9.22 Å². The topological polar surface area (TPSA) is 26.3 Å². The first-order chi connectivity index (χ1) is 16.8. The molecule has 206 valence electrons. The molecule has 3 heteroatoms. The Bertz CT molecular complexity index is 781. The van der Waals surface area contributed by atoms with Gasteiger partial charge in [0.15, 0.2) is 8.32 Å². The summed E-state index contributed by atoms with van der Waals surface area (Å²) in [5.74, 6) is 0. The molecule has 0 unspecified atom stereocenters. The van der Waals surface area contributed by atoms with Gasteiger partial charge in [0, 0.05) is 6.42 Å². The van der Waals surface area contributed by atoms with Crippen LogP contribution in [0.25, 0.3) is 0 Å². The van der Waals surface area contributed by atoms with Gasteiger partial charge in [-0.3, -0.25) is 0 Å². The number of allylic oxidation sites excluding steroid dienone is 9. The molecule has 0 spiro atoms. The molecule has 0 bridgehead atoms. The van der Waals surface area contributed by atoms with E-state index < -0.39 is 8.32 Å². The van der Waals surface area contributed by atoms with Crippen LogP contribution >= 0.6 is 0 Å². The van der Waals surface area contributed by atoms with Crippen molar-refractivity contribution in [3.8, 4) is 0 Å². The highest BCUT2D eigenvalue weighted by Gasteiger charge is 2.37. The van der Waals surface area contributed by atoms with Crippen molar-refractivity contribution in [1.82, 2.24) is 0 Å². The molecule has 0 amide bonds. The van der Waals surface area contributed by atoms with Crippen molar-refractivity contribution < 1.29 is 9.22 Å². The van der Waals surface area contributed by atoms with E-state index in [4.69, 9.17) is 4.43 Å². The maximum Gasteiger partial charge on any atom is 0.192 e. The summed E-state index contributed by atoms with van der Waals surface area (Å²) in [5, 5.41) is 0.204. The molecule has 0 saturated carbocycles. The second-order valence-electron chi connectivity index (χ2n) is 12.2. The van der Waals surface area contributed by atoms with Crippen molar-refractivity contribution >= 4 is 14.6 Å². The van der Waals surface area contributed by atoms with E-state index in [0.29, 0.717) is 13.0 Å². The second kappa shape index (κ2) is 18.7. The molecule has 0 fully saturated rings. The van der Waals surface area contributed by atoms with E-state index in [2.05, 4.69) is 98.9 Å². The summed E-state index contributed by atoms with van der Waals surface area (Å²) in [6.45, 7) is 23.2. The SMILES string of the molecule is CC(C)=CCC/C(C)=C/CC/C(C)=C/CC/C=C(\C)CC/C=C(/CCC=O)CO[Si](C)(C)C(C)(C)C. The fourth-order valence-electron chi connectivity index (χ4n) is 3.57. The minimum Gasteiger partial charge on any atom is -0.413 e. The third-order valence-corrected chi connectivity index (χ3v) is 11.7. The summed E-state index contributed by atoms with van der Waals surface area (Å²) in [5.41, 5.74) is 7.15. The molecule has 0 aliphatic heterocycles. The van der Waals surface area contributed by atoms with Gasteiger partial charge in [0.25, 0.3) is 0 Å². The minimum absolute atomic E-state index is 0.204. The Balaban J connectivity index is 4.50. The first-order valence-corrected chi connectivity index (χ1v) is 17.0. The molecule has 0 aliphatic rings. The van der Waals surface area contributed by atoms with E-state index in [1.54, 1.807) is 0 Å². The van der Waals surface area contributed by atoms with Gasteiger partial charge in [0.2, 0.25) is 0 Å². The monoisotopic (exact) mass is 514 g/mol. The predicted octanol–water partition coefficient (Wildman–Crippen LogP) is 10.8. The van der Waals surface area contributed by atoms with Gasteiger partial charge in [-0.15, -0.1) is 0 Å². The third-order valence-electron chi connectivity index (χ3n) is 7.25. The lowest BCUT2D eigenvalue weighted by Gasteiger charge is -2.36. The van der Waals surface area contributed by atoms with Crippen LogP contribution in [0.2, 0.25) is 18.1 Å². The van der Waals surface area contributed by atoms with Gasteiger partial charge in [-0.05, 0) is 116 Å². The van der Waals surface area contributed by atoms with Crippen LogP contribution in [0.1, 0.15) is 120 Å². The van der Waals surface area contributed by atoms with Crippen molar-refractivity contribution in [2.75, 3.05) is 6.61 Å². The average molecular weight is 515 g/mol. The molecule has 0 atom stereocenters. The largest absolute Gasteiger partial charge is 0.413 e. The van der Waals surface area contributed by atoms with Crippen molar-refractivity contribution in [3.63, 3.8) is 0 Å². The fraction of sp³-hybridized carbons (Fsp3) is 0.667. The molecule has 0 saturated heterocycles. The van der Waals surface area contributed by atoms with Gasteiger partial charge in [-0.25, -0.2) is 0 Å². The molecule has 36 heavy (non-hydrogen) atoms. The van der Waals surface area contributed by atoms with E-state index >= 15 is 0 Å². The number of aldehydes is 1. The highest BCUT2D eigenvalue weighted by molar-refractivity contribution is 6.74. The summed E-state index contributed by atoms with van der Waals surface area (Å²) in [4.78, 5) is 10.9. The van der Waals surface area contributed by atoms with Crippen LogP contribution in [0, 0.1) is 0 Å². The molecule has 0 aromatic rings. The molecule has 0 radical (unpaired) electrons. The zero-order valence-electron chi connectivity index (χ0n) is 25.6. The number of carbonyl (C=O) groups excluding carboxylic acids is 1. The number of unbranched alkanes of at least 4 members (excludes halogenated alkanes) is 1. The predicted molar refractivity (Wildman–Crippen MR) is 164 cm³/mol. The standard InChI is InChI=1S/C33H58O2Si/c1-28(2)17-13-20-31(5)22-14-21-29(3)18-11-12-19-30(4)23-15-24-32(25-16-26-34)27-35-36(9,10)33(6,7)8/h17-19,22,24,26H,11-16,20-21,23,25,27H2,1-10H3/b29-18+,30-19+,31-22+,32-24-. The smallest absolute Gasteiger partial charge is 0.192 e.